The van der Waals surface area contributed by atoms with Crippen molar-refractivity contribution >= 4 is 28.2 Å². The van der Waals surface area contributed by atoms with E-state index in [0.717, 1.165) is 49.4 Å². The Hall–Kier alpha value is -2.22. The largest absolute Gasteiger partial charge is 0.462 e. The first-order valence-corrected chi connectivity index (χ1v) is 11.6. The van der Waals surface area contributed by atoms with Crippen LogP contribution >= 0.6 is 11.3 Å². The topological polar surface area (TPSA) is 64.3 Å². The lowest BCUT2D eigenvalue weighted by Crippen LogP contribution is -3.27. The van der Waals surface area contributed by atoms with Crippen LogP contribution in [0.2, 0.25) is 0 Å². The molecule has 0 spiro atoms. The molecule has 1 amide bonds. The number of benzene rings is 1. The van der Waals surface area contributed by atoms with Gasteiger partial charge in [-0.2, -0.15) is 0 Å². The summed E-state index contributed by atoms with van der Waals surface area (Å²) in [5.74, 6) is -0.442. The molecule has 3 rings (SSSR count). The highest BCUT2D eigenvalue weighted by Crippen LogP contribution is 2.37. The van der Waals surface area contributed by atoms with Crippen LogP contribution in [0.1, 0.15) is 34.8 Å². The number of anilines is 1. The number of hydrogen-bond donors (Lipinski definition) is 3. The predicted octanol–water partition coefficient (Wildman–Crippen LogP) is 0.950. The van der Waals surface area contributed by atoms with Crippen molar-refractivity contribution in [2.75, 3.05) is 51.7 Å². The maximum atomic E-state index is 12.7. The van der Waals surface area contributed by atoms with Crippen molar-refractivity contribution in [2.45, 2.75) is 27.2 Å². The molecule has 6 nitrogen and oxygen atoms in total. The Bertz CT molecular complexity index is 901. The third-order valence-electron chi connectivity index (χ3n) is 5.86. The van der Waals surface area contributed by atoms with Gasteiger partial charge >= 0.3 is 5.97 Å². The standard InChI is InChI=1S/C23H31N3O3S/c1-5-29-23(28)21-19(18-7-6-16(2)17(3)14-18)15-30-22(21)24-20(27)8-9-26-12-10-25(4)11-13-26/h6-7,14-15H,5,8-13H2,1-4H3,(H,24,27)/p+2. The van der Waals surface area contributed by atoms with Gasteiger partial charge in [0.1, 0.15) is 36.7 Å². The third-order valence-corrected chi connectivity index (χ3v) is 6.75. The van der Waals surface area contributed by atoms with Crippen LogP contribution in [0, 0.1) is 13.8 Å². The van der Waals surface area contributed by atoms with E-state index in [1.807, 2.05) is 11.4 Å². The van der Waals surface area contributed by atoms with Gasteiger partial charge in [0.05, 0.1) is 26.6 Å². The summed E-state index contributed by atoms with van der Waals surface area (Å²) >= 11 is 1.38. The summed E-state index contributed by atoms with van der Waals surface area (Å²) in [4.78, 5) is 28.4. The number of esters is 1. The zero-order valence-electron chi connectivity index (χ0n) is 18.4. The minimum Gasteiger partial charge on any atom is -0.462 e. The maximum Gasteiger partial charge on any atom is 0.341 e. The zero-order valence-corrected chi connectivity index (χ0v) is 19.2. The van der Waals surface area contributed by atoms with E-state index in [2.05, 4.69) is 38.3 Å². The molecule has 0 bridgehead atoms. The number of nitrogens with one attached hydrogen (secondary N) is 3. The smallest absolute Gasteiger partial charge is 0.341 e. The van der Waals surface area contributed by atoms with Crippen LogP contribution in [-0.2, 0) is 9.53 Å². The molecule has 0 atom stereocenters. The number of carbonyl (C=O) groups excluding carboxylic acids is 2. The molecule has 3 N–H and O–H groups in total. The molecule has 1 aliphatic heterocycles. The fraction of sp³-hybridized carbons (Fsp3) is 0.478. The molecule has 0 unspecified atom stereocenters. The molecule has 2 heterocycles. The molecule has 1 aromatic carbocycles. The lowest BCUT2D eigenvalue weighted by atomic mass is 9.99. The van der Waals surface area contributed by atoms with Gasteiger partial charge in [0.15, 0.2) is 0 Å². The number of likely N-dealkylation sites (N-methyl/N-ethyl adjacent to an activating group) is 1. The van der Waals surface area contributed by atoms with Crippen LogP contribution < -0.4 is 15.1 Å². The molecule has 2 aromatic rings. The van der Waals surface area contributed by atoms with Gasteiger partial charge in [-0.05, 0) is 37.5 Å². The first-order valence-electron chi connectivity index (χ1n) is 10.7. The normalized spacial score (nSPS) is 18.8. The van der Waals surface area contributed by atoms with Gasteiger partial charge in [-0.15, -0.1) is 11.3 Å². The predicted molar refractivity (Wildman–Crippen MR) is 121 cm³/mol. The molecule has 0 radical (unpaired) electrons. The summed E-state index contributed by atoms with van der Waals surface area (Å²) in [5.41, 5.74) is 4.59. The van der Waals surface area contributed by atoms with Crippen LogP contribution in [-0.4, -0.2) is 58.3 Å². The summed E-state index contributed by atoms with van der Waals surface area (Å²) in [5, 5.41) is 5.48. The Morgan fingerprint density at radius 3 is 2.53 bits per heavy atom. The van der Waals surface area contributed by atoms with Crippen LogP contribution in [0.4, 0.5) is 5.00 Å². The van der Waals surface area contributed by atoms with E-state index in [1.165, 1.54) is 21.8 Å². The number of carbonyl (C=O) groups is 2. The van der Waals surface area contributed by atoms with E-state index in [9.17, 15) is 9.59 Å². The minimum absolute atomic E-state index is 0.0483. The van der Waals surface area contributed by atoms with E-state index in [0.29, 0.717) is 23.6 Å². The molecule has 0 saturated carbocycles. The summed E-state index contributed by atoms with van der Waals surface area (Å²) in [7, 11) is 2.21. The summed E-state index contributed by atoms with van der Waals surface area (Å²) in [6.07, 6.45) is 0.452. The van der Waals surface area contributed by atoms with Crippen molar-refractivity contribution in [3.05, 3.63) is 40.3 Å². The lowest BCUT2D eigenvalue weighted by Gasteiger charge is -2.27. The molecule has 1 aliphatic rings. The van der Waals surface area contributed by atoms with E-state index in [4.69, 9.17) is 4.74 Å². The molecule has 162 valence electrons. The molecule has 1 aromatic heterocycles. The van der Waals surface area contributed by atoms with Crippen molar-refractivity contribution in [2.24, 2.45) is 0 Å². The van der Waals surface area contributed by atoms with Gasteiger partial charge in [-0.3, -0.25) is 4.79 Å². The third kappa shape index (κ3) is 5.47. The zero-order chi connectivity index (χ0) is 21.7. The second kappa shape index (κ2) is 10.2. The first-order chi connectivity index (χ1) is 14.4. The summed E-state index contributed by atoms with van der Waals surface area (Å²) in [6, 6.07) is 6.14. The Kier molecular flexibility index (Phi) is 7.64. The van der Waals surface area contributed by atoms with Gasteiger partial charge in [0, 0.05) is 10.9 Å². The maximum absolute atomic E-state index is 12.7. The Balaban J connectivity index is 1.75. The molecular weight excluding hydrogens is 398 g/mol. The average molecular weight is 432 g/mol. The second-order valence-corrected chi connectivity index (χ2v) is 9.01. The first kappa shape index (κ1) is 22.5. The van der Waals surface area contributed by atoms with Gasteiger partial charge in [-0.1, -0.05) is 18.2 Å². The van der Waals surface area contributed by atoms with E-state index in [-0.39, 0.29) is 5.91 Å². The number of rotatable bonds is 7. The van der Waals surface area contributed by atoms with Crippen molar-refractivity contribution < 1.29 is 24.1 Å². The molecule has 30 heavy (non-hydrogen) atoms. The van der Waals surface area contributed by atoms with Crippen molar-refractivity contribution in [1.29, 1.82) is 0 Å². The van der Waals surface area contributed by atoms with Crippen molar-refractivity contribution in [1.82, 2.24) is 0 Å². The van der Waals surface area contributed by atoms with Gasteiger partial charge in [0.2, 0.25) is 5.91 Å². The highest BCUT2D eigenvalue weighted by molar-refractivity contribution is 7.15. The number of hydrogen-bond acceptors (Lipinski definition) is 4. The van der Waals surface area contributed by atoms with Gasteiger partial charge < -0.3 is 19.9 Å². The quantitative estimate of drug-likeness (QED) is 0.572. The van der Waals surface area contributed by atoms with Gasteiger partial charge in [0.25, 0.3) is 0 Å². The molecular formula is C23H33N3O3S+2. The second-order valence-electron chi connectivity index (χ2n) is 8.13. The van der Waals surface area contributed by atoms with E-state index in [1.54, 1.807) is 11.8 Å². The highest BCUT2D eigenvalue weighted by atomic mass is 32.1. The van der Waals surface area contributed by atoms with Crippen LogP contribution in [0.3, 0.4) is 0 Å². The summed E-state index contributed by atoms with van der Waals surface area (Å²) in [6.45, 7) is 11.5. The van der Waals surface area contributed by atoms with E-state index < -0.39 is 5.97 Å². The Morgan fingerprint density at radius 2 is 1.87 bits per heavy atom. The molecule has 7 heteroatoms. The van der Waals surface area contributed by atoms with Crippen LogP contribution in [0.15, 0.2) is 23.6 Å². The molecule has 1 saturated heterocycles. The van der Waals surface area contributed by atoms with Crippen LogP contribution in [0.5, 0.6) is 0 Å². The summed E-state index contributed by atoms with van der Waals surface area (Å²) < 4.78 is 5.30. The van der Waals surface area contributed by atoms with Crippen molar-refractivity contribution in [3.63, 3.8) is 0 Å². The molecule has 1 fully saturated rings. The number of ether oxygens (including phenoxy) is 1. The fourth-order valence-electron chi connectivity index (χ4n) is 3.74. The Labute approximate surface area is 182 Å². The van der Waals surface area contributed by atoms with Crippen LogP contribution in [0.25, 0.3) is 11.1 Å². The lowest BCUT2D eigenvalue weighted by molar-refractivity contribution is -1.00. The van der Waals surface area contributed by atoms with Crippen molar-refractivity contribution in [3.8, 4) is 11.1 Å². The van der Waals surface area contributed by atoms with Gasteiger partial charge in [-0.25, -0.2) is 4.79 Å². The monoisotopic (exact) mass is 431 g/mol. The highest BCUT2D eigenvalue weighted by Gasteiger charge is 2.24. The minimum atomic E-state index is -0.394. The fourth-order valence-corrected chi connectivity index (χ4v) is 4.71. The SMILES string of the molecule is CCOC(=O)c1c(-c2ccc(C)c(C)c2)csc1NC(=O)CC[NH+]1CC[NH+](C)CC1. The average Bonchev–Trinajstić information content (AvgIpc) is 3.13. The number of aryl methyl sites for hydroxylation is 2. The Morgan fingerprint density at radius 1 is 1.13 bits per heavy atom. The molecule has 0 aliphatic carbocycles. The number of thiophene rings is 1. The van der Waals surface area contributed by atoms with E-state index >= 15 is 0 Å². The number of quaternary nitrogens is 2. The number of piperazine rings is 1. The number of amides is 1.